The van der Waals surface area contributed by atoms with Gasteiger partial charge in [0.25, 0.3) is 0 Å². The Morgan fingerprint density at radius 1 is 1.26 bits per heavy atom. The molecule has 0 aromatic heterocycles. The van der Waals surface area contributed by atoms with Crippen LogP contribution in [0.4, 0.5) is 0 Å². The van der Waals surface area contributed by atoms with Crippen molar-refractivity contribution < 1.29 is 14.6 Å². The topological polar surface area (TPSA) is 49.8 Å². The van der Waals surface area contributed by atoms with E-state index in [4.69, 9.17) is 9.84 Å². The Morgan fingerprint density at radius 3 is 2.58 bits per heavy atom. The molecule has 0 aliphatic carbocycles. The third-order valence-electron chi connectivity index (χ3n) is 3.17. The van der Waals surface area contributed by atoms with E-state index in [1.165, 1.54) is 25.9 Å². The van der Waals surface area contributed by atoms with Crippen molar-refractivity contribution in [2.45, 2.75) is 12.8 Å². The van der Waals surface area contributed by atoms with E-state index >= 15 is 0 Å². The van der Waals surface area contributed by atoms with Gasteiger partial charge in [0.05, 0.1) is 0 Å². The van der Waals surface area contributed by atoms with Gasteiger partial charge in [0.1, 0.15) is 12.4 Å². The summed E-state index contributed by atoms with van der Waals surface area (Å²) in [6, 6.07) is 7.44. The van der Waals surface area contributed by atoms with E-state index in [1.807, 2.05) is 24.3 Å². The average molecular weight is 261 g/mol. The summed E-state index contributed by atoms with van der Waals surface area (Å²) in [5.41, 5.74) is 0.856. The third-order valence-corrected chi connectivity index (χ3v) is 3.17. The van der Waals surface area contributed by atoms with Crippen molar-refractivity contribution in [1.29, 1.82) is 0 Å². The largest absolute Gasteiger partial charge is 0.492 e. The van der Waals surface area contributed by atoms with Crippen LogP contribution in [0.5, 0.6) is 5.75 Å². The van der Waals surface area contributed by atoms with Gasteiger partial charge in [0.2, 0.25) is 0 Å². The van der Waals surface area contributed by atoms with Gasteiger partial charge in [-0.2, -0.15) is 0 Å². The standard InChI is InChI=1S/C15H19NO3/c17-15(18)8-5-13-3-6-14(7-4-13)19-12-11-16-9-1-2-10-16/h3-8H,1-2,9-12H2,(H,17,18)/b8-5+. The number of carboxylic acids is 1. The molecule has 1 saturated heterocycles. The summed E-state index contributed by atoms with van der Waals surface area (Å²) in [4.78, 5) is 12.8. The second kappa shape index (κ2) is 6.95. The molecule has 0 spiro atoms. The van der Waals surface area contributed by atoms with Crippen LogP contribution in [0.3, 0.4) is 0 Å². The number of benzene rings is 1. The van der Waals surface area contributed by atoms with Crippen LogP contribution in [0.15, 0.2) is 30.3 Å². The summed E-state index contributed by atoms with van der Waals surface area (Å²) in [7, 11) is 0. The molecule has 2 rings (SSSR count). The number of hydrogen-bond acceptors (Lipinski definition) is 3. The second-order valence-electron chi connectivity index (χ2n) is 4.64. The minimum absolute atomic E-state index is 0.699. The monoisotopic (exact) mass is 261 g/mol. The van der Waals surface area contributed by atoms with Gasteiger partial charge in [-0.25, -0.2) is 4.79 Å². The van der Waals surface area contributed by atoms with Gasteiger partial charge < -0.3 is 9.84 Å². The number of likely N-dealkylation sites (tertiary alicyclic amines) is 1. The van der Waals surface area contributed by atoms with Gasteiger partial charge in [-0.05, 0) is 49.7 Å². The van der Waals surface area contributed by atoms with Gasteiger partial charge in [0, 0.05) is 12.6 Å². The summed E-state index contributed by atoms with van der Waals surface area (Å²) < 4.78 is 5.67. The smallest absolute Gasteiger partial charge is 0.328 e. The predicted octanol–water partition coefficient (Wildman–Crippen LogP) is 2.26. The van der Waals surface area contributed by atoms with E-state index in [1.54, 1.807) is 6.08 Å². The Hall–Kier alpha value is -1.81. The summed E-state index contributed by atoms with van der Waals surface area (Å²) in [5, 5.41) is 8.53. The quantitative estimate of drug-likeness (QED) is 0.798. The Morgan fingerprint density at radius 2 is 1.95 bits per heavy atom. The molecule has 1 aliphatic rings. The molecule has 4 heteroatoms. The SMILES string of the molecule is O=C(O)/C=C/c1ccc(OCCN2CCCC2)cc1. The lowest BCUT2D eigenvalue weighted by Crippen LogP contribution is -2.25. The summed E-state index contributed by atoms with van der Waals surface area (Å²) in [5.74, 6) is -0.113. The molecule has 0 radical (unpaired) electrons. The summed E-state index contributed by atoms with van der Waals surface area (Å²) in [6.45, 7) is 4.04. The minimum atomic E-state index is -0.939. The van der Waals surface area contributed by atoms with Crippen LogP contribution in [-0.4, -0.2) is 42.2 Å². The van der Waals surface area contributed by atoms with Crippen LogP contribution in [0, 0.1) is 0 Å². The summed E-state index contributed by atoms with van der Waals surface area (Å²) >= 11 is 0. The number of nitrogens with zero attached hydrogens (tertiary/aromatic N) is 1. The molecule has 1 N–H and O–H groups in total. The molecule has 1 aromatic carbocycles. The van der Waals surface area contributed by atoms with Crippen LogP contribution in [0.1, 0.15) is 18.4 Å². The Kier molecular flexibility index (Phi) is 4.98. The van der Waals surface area contributed by atoms with Crippen molar-refractivity contribution in [3.63, 3.8) is 0 Å². The number of ether oxygens (including phenoxy) is 1. The van der Waals surface area contributed by atoms with E-state index < -0.39 is 5.97 Å². The van der Waals surface area contributed by atoms with E-state index in [0.29, 0.717) is 6.61 Å². The average Bonchev–Trinajstić information content (AvgIpc) is 2.91. The molecule has 0 atom stereocenters. The minimum Gasteiger partial charge on any atom is -0.492 e. The number of aliphatic carboxylic acids is 1. The maximum atomic E-state index is 10.4. The number of rotatable bonds is 6. The number of hydrogen-bond donors (Lipinski definition) is 1. The van der Waals surface area contributed by atoms with Gasteiger partial charge in [0.15, 0.2) is 0 Å². The van der Waals surface area contributed by atoms with Crippen molar-refractivity contribution in [1.82, 2.24) is 4.90 Å². The maximum absolute atomic E-state index is 10.4. The lowest BCUT2D eigenvalue weighted by molar-refractivity contribution is -0.131. The highest BCUT2D eigenvalue weighted by molar-refractivity contribution is 5.85. The fourth-order valence-electron chi connectivity index (χ4n) is 2.14. The Balaban J connectivity index is 1.76. The normalized spacial score (nSPS) is 16.0. The van der Waals surface area contributed by atoms with Crippen molar-refractivity contribution in [2.24, 2.45) is 0 Å². The number of carboxylic acid groups (broad SMARTS) is 1. The van der Waals surface area contributed by atoms with Gasteiger partial charge >= 0.3 is 5.97 Å². The van der Waals surface area contributed by atoms with Gasteiger partial charge in [-0.1, -0.05) is 12.1 Å². The van der Waals surface area contributed by atoms with E-state index in [2.05, 4.69) is 4.90 Å². The van der Waals surface area contributed by atoms with Crippen molar-refractivity contribution in [3.8, 4) is 5.75 Å². The number of carbonyl (C=O) groups is 1. The van der Waals surface area contributed by atoms with Gasteiger partial charge in [-0.15, -0.1) is 0 Å². The summed E-state index contributed by atoms with van der Waals surface area (Å²) in [6.07, 6.45) is 5.29. The highest BCUT2D eigenvalue weighted by Crippen LogP contribution is 2.13. The van der Waals surface area contributed by atoms with Crippen LogP contribution >= 0.6 is 0 Å². The van der Waals surface area contributed by atoms with E-state index in [-0.39, 0.29) is 0 Å². The van der Waals surface area contributed by atoms with Crippen LogP contribution in [0.2, 0.25) is 0 Å². The zero-order valence-electron chi connectivity index (χ0n) is 10.9. The molecular formula is C15H19NO3. The molecule has 1 fully saturated rings. The third kappa shape index (κ3) is 4.75. The second-order valence-corrected chi connectivity index (χ2v) is 4.64. The fraction of sp³-hybridized carbons (Fsp3) is 0.400. The molecule has 0 amide bonds. The first-order valence-corrected chi connectivity index (χ1v) is 6.60. The van der Waals surface area contributed by atoms with Crippen LogP contribution < -0.4 is 4.74 Å². The molecule has 1 aromatic rings. The van der Waals surface area contributed by atoms with Crippen LogP contribution in [-0.2, 0) is 4.79 Å². The maximum Gasteiger partial charge on any atom is 0.328 e. The molecule has 0 unspecified atom stereocenters. The first-order valence-electron chi connectivity index (χ1n) is 6.60. The molecule has 4 nitrogen and oxygen atoms in total. The molecule has 1 heterocycles. The lowest BCUT2D eigenvalue weighted by atomic mass is 10.2. The fourth-order valence-corrected chi connectivity index (χ4v) is 2.14. The molecule has 102 valence electrons. The predicted molar refractivity (Wildman–Crippen MR) is 74.3 cm³/mol. The molecule has 19 heavy (non-hydrogen) atoms. The zero-order chi connectivity index (χ0) is 13.5. The first kappa shape index (κ1) is 13.6. The first-order chi connectivity index (χ1) is 9.24. The highest BCUT2D eigenvalue weighted by atomic mass is 16.5. The van der Waals surface area contributed by atoms with Gasteiger partial charge in [-0.3, -0.25) is 4.90 Å². The van der Waals surface area contributed by atoms with Crippen molar-refractivity contribution in [3.05, 3.63) is 35.9 Å². The zero-order valence-corrected chi connectivity index (χ0v) is 10.9. The molecule has 0 bridgehead atoms. The van der Waals surface area contributed by atoms with Crippen molar-refractivity contribution >= 4 is 12.0 Å². The Bertz CT molecular complexity index is 433. The lowest BCUT2D eigenvalue weighted by Gasteiger charge is -2.14. The van der Waals surface area contributed by atoms with E-state index in [0.717, 1.165) is 23.9 Å². The Labute approximate surface area is 113 Å². The highest BCUT2D eigenvalue weighted by Gasteiger charge is 2.10. The molecule has 1 aliphatic heterocycles. The van der Waals surface area contributed by atoms with Crippen molar-refractivity contribution in [2.75, 3.05) is 26.2 Å². The van der Waals surface area contributed by atoms with Crippen LogP contribution in [0.25, 0.3) is 6.08 Å². The molecule has 0 saturated carbocycles. The molecular weight excluding hydrogens is 242 g/mol. The van der Waals surface area contributed by atoms with E-state index in [9.17, 15) is 4.79 Å².